The molecule has 0 radical (unpaired) electrons. The van der Waals surface area contributed by atoms with Crippen molar-refractivity contribution >= 4 is 11.4 Å². The van der Waals surface area contributed by atoms with E-state index >= 15 is 0 Å². The second-order valence-electron chi connectivity index (χ2n) is 3.51. The van der Waals surface area contributed by atoms with Gasteiger partial charge < -0.3 is 10.1 Å². The maximum absolute atomic E-state index is 12.3. The van der Waals surface area contributed by atoms with Crippen molar-refractivity contribution in [2.45, 2.75) is 6.61 Å². The highest BCUT2D eigenvalue weighted by Gasteiger charge is 2.10. The Bertz CT molecular complexity index is 611. The van der Waals surface area contributed by atoms with E-state index in [2.05, 4.69) is 15.0 Å². The summed E-state index contributed by atoms with van der Waals surface area (Å²) in [5.74, 6) is 0.00485. The molecule has 0 saturated carbocycles. The molecule has 0 aliphatic carbocycles. The van der Waals surface area contributed by atoms with Gasteiger partial charge in [-0.05, 0) is 24.3 Å². The first-order valence-electron chi connectivity index (χ1n) is 5.36. The van der Waals surface area contributed by atoms with Gasteiger partial charge in [0.25, 0.3) is 0 Å². The number of benzene rings is 1. The lowest BCUT2D eigenvalue weighted by Crippen LogP contribution is -2.05. The standard InChI is InChI=1S/C13H9F2N3O/c14-13(15)19-12-6-2-1-4-10(12)18-9-5-3-7-17-11(9)8-16/h1-7,13,18H. The number of para-hydroxylation sites is 2. The summed E-state index contributed by atoms with van der Waals surface area (Å²) >= 11 is 0. The predicted molar refractivity (Wildman–Crippen MR) is 65.3 cm³/mol. The summed E-state index contributed by atoms with van der Waals surface area (Å²) in [6.45, 7) is -2.91. The van der Waals surface area contributed by atoms with Crippen LogP contribution in [0.3, 0.4) is 0 Å². The minimum atomic E-state index is -2.91. The van der Waals surface area contributed by atoms with Gasteiger partial charge >= 0.3 is 6.61 Å². The van der Waals surface area contributed by atoms with Gasteiger partial charge in [0.1, 0.15) is 11.8 Å². The van der Waals surface area contributed by atoms with Gasteiger partial charge in [0.05, 0.1) is 11.4 Å². The average Bonchev–Trinajstić information content (AvgIpc) is 2.41. The number of anilines is 2. The third kappa shape index (κ3) is 3.16. The third-order valence-electron chi connectivity index (χ3n) is 2.29. The van der Waals surface area contributed by atoms with Crippen LogP contribution in [0.5, 0.6) is 5.75 Å². The van der Waals surface area contributed by atoms with Gasteiger partial charge in [-0.2, -0.15) is 14.0 Å². The number of hydrogen-bond acceptors (Lipinski definition) is 4. The van der Waals surface area contributed by atoms with Crippen LogP contribution in [-0.4, -0.2) is 11.6 Å². The van der Waals surface area contributed by atoms with E-state index in [1.807, 2.05) is 6.07 Å². The molecule has 1 N–H and O–H groups in total. The lowest BCUT2D eigenvalue weighted by atomic mass is 10.2. The van der Waals surface area contributed by atoms with Gasteiger partial charge in [-0.25, -0.2) is 4.98 Å². The first-order valence-corrected chi connectivity index (χ1v) is 5.36. The highest BCUT2D eigenvalue weighted by Crippen LogP contribution is 2.29. The first-order chi connectivity index (χ1) is 9.20. The predicted octanol–water partition coefficient (Wildman–Crippen LogP) is 3.30. The molecule has 0 saturated heterocycles. The Morgan fingerprint density at radius 3 is 2.63 bits per heavy atom. The Labute approximate surface area is 108 Å². The molecule has 4 nitrogen and oxygen atoms in total. The van der Waals surface area contributed by atoms with Gasteiger partial charge in [-0.3, -0.25) is 0 Å². The number of nitriles is 1. The largest absolute Gasteiger partial charge is 0.433 e. The molecular weight excluding hydrogens is 252 g/mol. The fourth-order valence-corrected chi connectivity index (χ4v) is 1.51. The molecule has 0 aliphatic heterocycles. The van der Waals surface area contributed by atoms with Crippen molar-refractivity contribution in [3.8, 4) is 11.8 Å². The quantitative estimate of drug-likeness (QED) is 0.917. The maximum atomic E-state index is 12.3. The monoisotopic (exact) mass is 261 g/mol. The van der Waals surface area contributed by atoms with Crippen LogP contribution in [0.25, 0.3) is 0 Å². The van der Waals surface area contributed by atoms with Crippen molar-refractivity contribution in [3.05, 3.63) is 48.3 Å². The second-order valence-corrected chi connectivity index (χ2v) is 3.51. The molecule has 0 amide bonds. The Balaban J connectivity index is 2.31. The van der Waals surface area contributed by atoms with Crippen LogP contribution >= 0.6 is 0 Å². The van der Waals surface area contributed by atoms with Crippen LogP contribution in [0.15, 0.2) is 42.6 Å². The normalized spacial score (nSPS) is 10.0. The van der Waals surface area contributed by atoms with Crippen molar-refractivity contribution in [2.75, 3.05) is 5.32 Å². The van der Waals surface area contributed by atoms with Gasteiger partial charge in [-0.1, -0.05) is 12.1 Å². The number of rotatable bonds is 4. The van der Waals surface area contributed by atoms with E-state index in [1.165, 1.54) is 12.3 Å². The zero-order valence-electron chi connectivity index (χ0n) is 9.68. The van der Waals surface area contributed by atoms with Gasteiger partial charge in [0.2, 0.25) is 0 Å². The fourth-order valence-electron chi connectivity index (χ4n) is 1.51. The Kier molecular flexibility index (Phi) is 3.88. The van der Waals surface area contributed by atoms with E-state index in [0.29, 0.717) is 11.4 Å². The summed E-state index contributed by atoms with van der Waals surface area (Å²) < 4.78 is 28.9. The van der Waals surface area contributed by atoms with Crippen molar-refractivity contribution in [1.82, 2.24) is 4.98 Å². The SMILES string of the molecule is N#Cc1ncccc1Nc1ccccc1OC(F)F. The summed E-state index contributed by atoms with van der Waals surface area (Å²) in [5, 5.41) is 11.8. The zero-order valence-corrected chi connectivity index (χ0v) is 9.68. The highest BCUT2D eigenvalue weighted by atomic mass is 19.3. The average molecular weight is 261 g/mol. The van der Waals surface area contributed by atoms with Crippen molar-refractivity contribution in [3.63, 3.8) is 0 Å². The number of alkyl halides is 2. The molecule has 0 fully saturated rings. The Morgan fingerprint density at radius 2 is 1.89 bits per heavy atom. The van der Waals surface area contributed by atoms with E-state index in [1.54, 1.807) is 30.3 Å². The maximum Gasteiger partial charge on any atom is 0.387 e. The molecule has 0 bridgehead atoms. The number of aromatic nitrogens is 1. The van der Waals surface area contributed by atoms with E-state index in [4.69, 9.17) is 5.26 Å². The molecular formula is C13H9F2N3O. The minimum Gasteiger partial charge on any atom is -0.433 e. The van der Waals surface area contributed by atoms with Crippen molar-refractivity contribution in [1.29, 1.82) is 5.26 Å². The molecule has 1 aromatic heterocycles. The summed E-state index contributed by atoms with van der Waals surface area (Å²) in [6, 6.07) is 11.4. The molecule has 2 rings (SSSR count). The number of halogens is 2. The molecule has 1 heterocycles. The summed E-state index contributed by atoms with van der Waals surface area (Å²) in [6.07, 6.45) is 1.48. The lowest BCUT2D eigenvalue weighted by Gasteiger charge is -2.12. The Morgan fingerprint density at radius 1 is 1.16 bits per heavy atom. The summed E-state index contributed by atoms with van der Waals surface area (Å²) in [5.41, 5.74) is 0.942. The molecule has 2 aromatic rings. The van der Waals surface area contributed by atoms with E-state index in [9.17, 15) is 8.78 Å². The van der Waals surface area contributed by atoms with Crippen molar-refractivity contribution < 1.29 is 13.5 Å². The molecule has 0 unspecified atom stereocenters. The van der Waals surface area contributed by atoms with E-state index in [0.717, 1.165) is 0 Å². The van der Waals surface area contributed by atoms with E-state index in [-0.39, 0.29) is 11.4 Å². The molecule has 6 heteroatoms. The van der Waals surface area contributed by atoms with Crippen molar-refractivity contribution in [2.24, 2.45) is 0 Å². The van der Waals surface area contributed by atoms with Crippen LogP contribution in [-0.2, 0) is 0 Å². The van der Waals surface area contributed by atoms with Crippen LogP contribution in [0, 0.1) is 11.3 Å². The van der Waals surface area contributed by atoms with Gasteiger partial charge in [0, 0.05) is 6.20 Å². The molecule has 1 aromatic carbocycles. The first kappa shape index (κ1) is 12.8. The highest BCUT2D eigenvalue weighted by molar-refractivity contribution is 5.69. The summed E-state index contributed by atoms with van der Waals surface area (Å²) in [7, 11) is 0. The molecule has 96 valence electrons. The zero-order chi connectivity index (χ0) is 13.7. The molecule has 0 atom stereocenters. The summed E-state index contributed by atoms with van der Waals surface area (Å²) in [4.78, 5) is 3.87. The van der Waals surface area contributed by atoms with Crippen LogP contribution in [0.4, 0.5) is 20.2 Å². The molecule has 0 aliphatic rings. The van der Waals surface area contributed by atoms with E-state index < -0.39 is 6.61 Å². The van der Waals surface area contributed by atoms with Gasteiger partial charge in [-0.15, -0.1) is 0 Å². The third-order valence-corrected chi connectivity index (χ3v) is 2.29. The topological polar surface area (TPSA) is 57.9 Å². The fraction of sp³-hybridized carbons (Fsp3) is 0.0769. The number of pyridine rings is 1. The van der Waals surface area contributed by atoms with Crippen LogP contribution in [0.1, 0.15) is 5.69 Å². The number of hydrogen-bond donors (Lipinski definition) is 1. The smallest absolute Gasteiger partial charge is 0.387 e. The molecule has 19 heavy (non-hydrogen) atoms. The van der Waals surface area contributed by atoms with Gasteiger partial charge in [0.15, 0.2) is 5.69 Å². The van der Waals surface area contributed by atoms with Crippen LogP contribution < -0.4 is 10.1 Å². The number of nitrogens with one attached hydrogen (secondary N) is 1. The molecule has 0 spiro atoms. The minimum absolute atomic E-state index is 0.00485. The second kappa shape index (κ2) is 5.78. The number of ether oxygens (including phenoxy) is 1. The number of nitrogens with zero attached hydrogens (tertiary/aromatic N) is 2. The lowest BCUT2D eigenvalue weighted by molar-refractivity contribution is -0.0493. The Hall–Kier alpha value is -2.68. The van der Waals surface area contributed by atoms with Crippen LogP contribution in [0.2, 0.25) is 0 Å².